The third kappa shape index (κ3) is 5.98. The van der Waals surface area contributed by atoms with E-state index < -0.39 is 0 Å². The molecule has 1 saturated carbocycles. The smallest absolute Gasteiger partial charge is 0.213 e. The summed E-state index contributed by atoms with van der Waals surface area (Å²) in [5.74, 6) is 2.46. The maximum absolute atomic E-state index is 5.99. The lowest BCUT2D eigenvalue weighted by Crippen LogP contribution is -2.41. The van der Waals surface area contributed by atoms with Crippen molar-refractivity contribution in [1.82, 2.24) is 15.6 Å². The molecule has 1 unspecified atom stereocenters. The molecule has 0 radical (unpaired) electrons. The summed E-state index contributed by atoms with van der Waals surface area (Å²) in [6.07, 6.45) is 7.95. The van der Waals surface area contributed by atoms with Crippen LogP contribution in [0.1, 0.15) is 36.8 Å². The van der Waals surface area contributed by atoms with Crippen LogP contribution >= 0.6 is 24.0 Å². The maximum Gasteiger partial charge on any atom is 0.213 e. The number of nitrogens with one attached hydrogen (secondary N) is 2. The van der Waals surface area contributed by atoms with Crippen LogP contribution in [0.25, 0.3) is 0 Å². The molecule has 1 aromatic heterocycles. The van der Waals surface area contributed by atoms with E-state index >= 15 is 0 Å². The van der Waals surface area contributed by atoms with E-state index in [1.165, 1.54) is 18.4 Å². The van der Waals surface area contributed by atoms with Gasteiger partial charge in [0.2, 0.25) is 5.88 Å². The van der Waals surface area contributed by atoms with Gasteiger partial charge in [0.25, 0.3) is 0 Å². The normalized spacial score (nSPS) is 18.5. The molecule has 1 aliphatic heterocycles. The predicted octanol–water partition coefficient (Wildman–Crippen LogP) is 3.69. The fraction of sp³-hybridized carbons (Fsp3) is 0.455. The summed E-state index contributed by atoms with van der Waals surface area (Å²) in [4.78, 5) is 8.66. The number of hydrogen-bond donors (Lipinski definition) is 2. The fourth-order valence-electron chi connectivity index (χ4n) is 3.79. The molecule has 0 saturated heterocycles. The molecule has 4 rings (SSSR count). The van der Waals surface area contributed by atoms with Gasteiger partial charge in [-0.3, -0.25) is 4.99 Å². The van der Waals surface area contributed by atoms with Gasteiger partial charge in [0.1, 0.15) is 18.0 Å². The summed E-state index contributed by atoms with van der Waals surface area (Å²) in [6, 6.07) is 12.2. The van der Waals surface area contributed by atoms with Gasteiger partial charge in [-0.1, -0.05) is 18.2 Å². The van der Waals surface area contributed by atoms with Crippen molar-refractivity contribution >= 4 is 29.9 Å². The third-order valence-electron chi connectivity index (χ3n) is 5.28. The summed E-state index contributed by atoms with van der Waals surface area (Å²) in [7, 11) is 1.78. The molecule has 1 fully saturated rings. The van der Waals surface area contributed by atoms with Crippen molar-refractivity contribution < 1.29 is 9.47 Å². The number of aliphatic imine (C=N–C) groups is 1. The van der Waals surface area contributed by atoms with Gasteiger partial charge in [-0.25, -0.2) is 4.98 Å². The van der Waals surface area contributed by atoms with E-state index in [4.69, 9.17) is 9.47 Å². The first-order chi connectivity index (χ1) is 13.8. The Balaban J connectivity index is 0.00000240. The average molecular weight is 508 g/mol. The number of halogens is 1. The molecule has 0 bridgehead atoms. The van der Waals surface area contributed by atoms with Crippen LogP contribution in [-0.4, -0.2) is 36.7 Å². The minimum Gasteiger partial charge on any atom is -0.488 e. The second-order valence-electron chi connectivity index (χ2n) is 7.39. The molecular weight excluding hydrogens is 479 g/mol. The summed E-state index contributed by atoms with van der Waals surface area (Å²) in [5.41, 5.74) is 2.39. The number of rotatable bonds is 6. The SMILES string of the molecule is CN=C(NCc1ccnc(OC2CCCC2)c1)NCC1Cc2ccccc2O1.I. The first kappa shape index (κ1) is 21.7. The Kier molecular flexibility index (Phi) is 7.97. The van der Waals surface area contributed by atoms with Crippen LogP contribution in [0.3, 0.4) is 0 Å². The number of guanidine groups is 1. The number of nitrogens with zero attached hydrogens (tertiary/aromatic N) is 2. The molecule has 2 N–H and O–H groups in total. The Morgan fingerprint density at radius 1 is 1.21 bits per heavy atom. The van der Waals surface area contributed by atoms with Crippen LogP contribution in [0.4, 0.5) is 0 Å². The van der Waals surface area contributed by atoms with Gasteiger partial charge in [-0.05, 0) is 48.9 Å². The van der Waals surface area contributed by atoms with Gasteiger partial charge in [-0.2, -0.15) is 0 Å². The first-order valence-electron chi connectivity index (χ1n) is 10.1. The van der Waals surface area contributed by atoms with E-state index in [1.807, 2.05) is 24.3 Å². The van der Waals surface area contributed by atoms with Crippen molar-refractivity contribution in [3.8, 4) is 11.6 Å². The number of aromatic nitrogens is 1. The lowest BCUT2D eigenvalue weighted by Gasteiger charge is -2.16. The van der Waals surface area contributed by atoms with Gasteiger partial charge in [0.15, 0.2) is 5.96 Å². The van der Waals surface area contributed by atoms with Crippen molar-refractivity contribution in [2.45, 2.75) is 50.9 Å². The topological polar surface area (TPSA) is 67.8 Å². The molecule has 7 heteroatoms. The molecule has 1 aromatic carbocycles. The molecule has 0 spiro atoms. The summed E-state index contributed by atoms with van der Waals surface area (Å²) < 4.78 is 12.0. The highest BCUT2D eigenvalue weighted by atomic mass is 127. The van der Waals surface area contributed by atoms with E-state index in [9.17, 15) is 0 Å². The molecule has 0 amide bonds. The maximum atomic E-state index is 5.99. The molecule has 156 valence electrons. The number of benzene rings is 1. The molecule has 1 atom stereocenters. The van der Waals surface area contributed by atoms with Crippen molar-refractivity contribution in [2.24, 2.45) is 4.99 Å². The molecular formula is C22H29IN4O2. The number of para-hydroxylation sites is 1. The van der Waals surface area contributed by atoms with Crippen LogP contribution in [-0.2, 0) is 13.0 Å². The Hall–Kier alpha value is -2.03. The van der Waals surface area contributed by atoms with Gasteiger partial charge in [0, 0.05) is 32.3 Å². The lowest BCUT2D eigenvalue weighted by atomic mass is 10.1. The lowest BCUT2D eigenvalue weighted by molar-refractivity contribution is 0.201. The molecule has 2 aliphatic rings. The highest BCUT2D eigenvalue weighted by Crippen LogP contribution is 2.27. The largest absolute Gasteiger partial charge is 0.488 e. The zero-order valence-electron chi connectivity index (χ0n) is 16.8. The number of hydrogen-bond acceptors (Lipinski definition) is 4. The molecule has 6 nitrogen and oxygen atoms in total. The van der Waals surface area contributed by atoms with Crippen LogP contribution < -0.4 is 20.1 Å². The number of ether oxygens (including phenoxy) is 2. The van der Waals surface area contributed by atoms with E-state index in [0.29, 0.717) is 25.1 Å². The van der Waals surface area contributed by atoms with Crippen LogP contribution in [0, 0.1) is 0 Å². The minimum absolute atomic E-state index is 0. The summed E-state index contributed by atoms with van der Waals surface area (Å²) >= 11 is 0. The Labute approximate surface area is 189 Å². The second kappa shape index (κ2) is 10.7. The van der Waals surface area contributed by atoms with Gasteiger partial charge in [0.05, 0.1) is 6.54 Å². The molecule has 2 heterocycles. The number of fused-ring (bicyclic) bond motifs is 1. The molecule has 2 aromatic rings. The second-order valence-corrected chi connectivity index (χ2v) is 7.39. The molecule has 1 aliphatic carbocycles. The highest BCUT2D eigenvalue weighted by Gasteiger charge is 2.22. The van der Waals surface area contributed by atoms with Gasteiger partial charge >= 0.3 is 0 Å². The highest BCUT2D eigenvalue weighted by molar-refractivity contribution is 14.0. The predicted molar refractivity (Wildman–Crippen MR) is 125 cm³/mol. The van der Waals surface area contributed by atoms with Crippen LogP contribution in [0.2, 0.25) is 0 Å². The summed E-state index contributed by atoms with van der Waals surface area (Å²) in [5, 5.41) is 6.71. The van der Waals surface area contributed by atoms with Crippen molar-refractivity contribution in [1.29, 1.82) is 0 Å². The average Bonchev–Trinajstić information content (AvgIpc) is 3.37. The standard InChI is InChI=1S/C22H28N4O2.HI/c1-23-22(26-15-19-13-17-6-2-5-9-20(17)27-19)25-14-16-10-11-24-21(12-16)28-18-7-3-4-8-18;/h2,5-6,9-12,18-19H,3-4,7-8,13-15H2,1H3,(H2,23,25,26);1H. The monoisotopic (exact) mass is 508 g/mol. The van der Waals surface area contributed by atoms with Crippen molar-refractivity contribution in [3.63, 3.8) is 0 Å². The van der Waals surface area contributed by atoms with E-state index in [-0.39, 0.29) is 30.1 Å². The van der Waals surface area contributed by atoms with E-state index in [1.54, 1.807) is 13.2 Å². The van der Waals surface area contributed by atoms with E-state index in [2.05, 4.69) is 32.7 Å². The fourth-order valence-corrected chi connectivity index (χ4v) is 3.79. The van der Waals surface area contributed by atoms with Crippen LogP contribution in [0.5, 0.6) is 11.6 Å². The van der Waals surface area contributed by atoms with Gasteiger partial charge < -0.3 is 20.1 Å². The van der Waals surface area contributed by atoms with Crippen molar-refractivity contribution in [2.75, 3.05) is 13.6 Å². The van der Waals surface area contributed by atoms with Crippen LogP contribution in [0.15, 0.2) is 47.6 Å². The van der Waals surface area contributed by atoms with E-state index in [0.717, 1.165) is 36.5 Å². The van der Waals surface area contributed by atoms with Gasteiger partial charge in [-0.15, -0.1) is 24.0 Å². The molecule has 29 heavy (non-hydrogen) atoms. The quantitative estimate of drug-likeness (QED) is 0.354. The minimum atomic E-state index is 0. The van der Waals surface area contributed by atoms with Crippen molar-refractivity contribution in [3.05, 3.63) is 53.7 Å². The zero-order valence-corrected chi connectivity index (χ0v) is 19.1. The third-order valence-corrected chi connectivity index (χ3v) is 5.28. The Bertz CT molecular complexity index is 799. The Morgan fingerprint density at radius 3 is 2.83 bits per heavy atom. The Morgan fingerprint density at radius 2 is 2.03 bits per heavy atom. The summed E-state index contributed by atoms with van der Waals surface area (Å²) in [6.45, 7) is 1.37. The number of pyridine rings is 1. The first-order valence-corrected chi connectivity index (χ1v) is 10.1. The zero-order chi connectivity index (χ0) is 19.2.